The molecular formula is C30H26ClF6N3O4. The van der Waals surface area contributed by atoms with Crippen LogP contribution in [0.4, 0.5) is 37.0 Å². The van der Waals surface area contributed by atoms with Gasteiger partial charge in [-0.05, 0) is 73.4 Å². The van der Waals surface area contributed by atoms with E-state index in [0.717, 1.165) is 19.5 Å². The van der Waals surface area contributed by atoms with Crippen molar-refractivity contribution in [2.24, 2.45) is 0 Å². The molecule has 1 aromatic heterocycles. The molecule has 2 aliphatic rings. The summed E-state index contributed by atoms with van der Waals surface area (Å²) in [6, 6.07) is 8.78. The van der Waals surface area contributed by atoms with Crippen LogP contribution in [0.25, 0.3) is 11.1 Å². The van der Waals surface area contributed by atoms with Gasteiger partial charge in [0.05, 0.1) is 29.4 Å². The molecule has 0 radical (unpaired) electrons. The number of pyridine rings is 1. The van der Waals surface area contributed by atoms with Crippen LogP contribution < -0.4 is 4.90 Å². The van der Waals surface area contributed by atoms with Crippen LogP contribution in [0.5, 0.6) is 0 Å². The number of aliphatic carboxylic acids is 1. The third kappa shape index (κ3) is 6.57. The van der Waals surface area contributed by atoms with Crippen LogP contribution in [-0.4, -0.2) is 46.2 Å². The number of aromatic nitrogens is 1. The van der Waals surface area contributed by atoms with E-state index >= 15 is 0 Å². The first kappa shape index (κ1) is 31.4. The van der Waals surface area contributed by atoms with Gasteiger partial charge in [0.15, 0.2) is 0 Å². The maximum Gasteiger partial charge on any atom is 0.416 e. The monoisotopic (exact) mass is 641 g/mol. The molecule has 1 N–H and O–H groups in total. The molecule has 0 aliphatic carbocycles. The third-order valence-corrected chi connectivity index (χ3v) is 8.07. The van der Waals surface area contributed by atoms with Crippen molar-refractivity contribution in [1.29, 1.82) is 0 Å². The summed E-state index contributed by atoms with van der Waals surface area (Å²) in [4.78, 5) is 32.2. The highest BCUT2D eigenvalue weighted by Gasteiger charge is 2.43. The Hall–Kier alpha value is -4.00. The SMILES string of the molecule is C[C@H]1[C@@H](c2cc(C(F)(F)F)cc(C(F)(F)F)c2)OC(=O)N1Cc1nc(N2CCC2)ccc1-c1cc(CCC(=O)O)ccc1Cl. The summed E-state index contributed by atoms with van der Waals surface area (Å²) in [5, 5.41) is 9.43. The minimum Gasteiger partial charge on any atom is -0.481 e. The molecular weight excluding hydrogens is 616 g/mol. The van der Waals surface area contributed by atoms with Gasteiger partial charge in [0.1, 0.15) is 11.9 Å². The summed E-state index contributed by atoms with van der Waals surface area (Å²) < 4.78 is 86.5. The Labute approximate surface area is 253 Å². The number of hydrogen-bond acceptors (Lipinski definition) is 5. The molecule has 0 saturated carbocycles. The maximum absolute atomic E-state index is 13.5. The molecule has 2 atom stereocenters. The van der Waals surface area contributed by atoms with Crippen LogP contribution in [0.15, 0.2) is 48.5 Å². The first-order valence-electron chi connectivity index (χ1n) is 13.6. The summed E-state index contributed by atoms with van der Waals surface area (Å²) in [6.07, 6.45) is -11.4. The van der Waals surface area contributed by atoms with Crippen LogP contribution in [-0.2, 0) is 34.8 Å². The zero-order chi connectivity index (χ0) is 32.0. The number of alkyl halides is 6. The van der Waals surface area contributed by atoms with Gasteiger partial charge in [0.2, 0.25) is 0 Å². The van der Waals surface area contributed by atoms with E-state index in [1.165, 1.54) is 11.8 Å². The Morgan fingerprint density at radius 1 is 1.00 bits per heavy atom. The van der Waals surface area contributed by atoms with Gasteiger partial charge in [-0.15, -0.1) is 0 Å². The molecule has 2 aromatic carbocycles. The number of cyclic esters (lactones) is 1. The average molecular weight is 642 g/mol. The summed E-state index contributed by atoms with van der Waals surface area (Å²) >= 11 is 6.54. The van der Waals surface area contributed by atoms with Crippen LogP contribution in [0, 0.1) is 0 Å². The zero-order valence-electron chi connectivity index (χ0n) is 23.2. The highest BCUT2D eigenvalue weighted by atomic mass is 35.5. The molecule has 14 heteroatoms. The predicted octanol–water partition coefficient (Wildman–Crippen LogP) is 7.75. The quantitative estimate of drug-likeness (QED) is 0.253. The second-order valence-electron chi connectivity index (χ2n) is 10.7. The summed E-state index contributed by atoms with van der Waals surface area (Å²) in [5.41, 5.74) is -1.33. The molecule has 0 unspecified atom stereocenters. The highest BCUT2D eigenvalue weighted by Crippen LogP contribution is 2.42. The van der Waals surface area contributed by atoms with Crippen molar-refractivity contribution < 1.29 is 45.8 Å². The molecule has 2 fully saturated rings. The lowest BCUT2D eigenvalue weighted by Gasteiger charge is -2.33. The zero-order valence-corrected chi connectivity index (χ0v) is 23.9. The van der Waals surface area contributed by atoms with E-state index in [9.17, 15) is 35.9 Å². The molecule has 0 bridgehead atoms. The van der Waals surface area contributed by atoms with Gasteiger partial charge < -0.3 is 14.7 Å². The van der Waals surface area contributed by atoms with Gasteiger partial charge in [-0.1, -0.05) is 17.7 Å². The van der Waals surface area contributed by atoms with Gasteiger partial charge in [0, 0.05) is 35.7 Å². The number of ether oxygens (including phenoxy) is 1. The Bertz CT molecular complexity index is 1560. The minimum atomic E-state index is -5.06. The van der Waals surface area contributed by atoms with E-state index < -0.39 is 53.3 Å². The normalized spacial score (nSPS) is 18.8. The number of carbonyl (C=O) groups is 2. The first-order valence-corrected chi connectivity index (χ1v) is 14.0. The van der Waals surface area contributed by atoms with Gasteiger partial charge in [0.25, 0.3) is 0 Å². The van der Waals surface area contributed by atoms with Crippen molar-refractivity contribution in [2.75, 3.05) is 18.0 Å². The fourth-order valence-corrected chi connectivity index (χ4v) is 5.45. The number of benzene rings is 2. The molecule has 0 spiro atoms. The number of nitrogens with zero attached hydrogens (tertiary/aromatic N) is 3. The lowest BCUT2D eigenvalue weighted by atomic mass is 9.96. The van der Waals surface area contributed by atoms with Crippen molar-refractivity contribution in [2.45, 2.75) is 57.2 Å². The van der Waals surface area contributed by atoms with Crippen molar-refractivity contribution in [3.05, 3.63) is 81.5 Å². The second kappa shape index (κ2) is 11.8. The van der Waals surface area contributed by atoms with Crippen LogP contribution in [0.2, 0.25) is 5.02 Å². The molecule has 5 rings (SSSR count). The average Bonchev–Trinajstić information content (AvgIpc) is 3.19. The highest BCUT2D eigenvalue weighted by molar-refractivity contribution is 6.33. The first-order chi connectivity index (χ1) is 20.6. The topological polar surface area (TPSA) is 83.0 Å². The number of halogens is 7. The van der Waals surface area contributed by atoms with E-state index in [2.05, 4.69) is 0 Å². The number of anilines is 1. The molecule has 2 aliphatic heterocycles. The van der Waals surface area contributed by atoms with Gasteiger partial charge in [-0.25, -0.2) is 9.78 Å². The van der Waals surface area contributed by atoms with E-state index in [1.807, 2.05) is 4.90 Å². The van der Waals surface area contributed by atoms with Crippen LogP contribution in [0.3, 0.4) is 0 Å². The molecule has 2 saturated heterocycles. The fraction of sp³-hybridized carbons (Fsp3) is 0.367. The number of carboxylic acids is 1. The predicted molar refractivity (Wildman–Crippen MR) is 148 cm³/mol. The van der Waals surface area contributed by atoms with E-state index in [-0.39, 0.29) is 25.5 Å². The number of rotatable bonds is 8. The van der Waals surface area contributed by atoms with E-state index in [4.69, 9.17) is 26.4 Å². The van der Waals surface area contributed by atoms with Gasteiger partial charge >= 0.3 is 24.4 Å². The number of hydrogen-bond donors (Lipinski definition) is 1. The smallest absolute Gasteiger partial charge is 0.416 e. The lowest BCUT2D eigenvalue weighted by molar-refractivity contribution is -0.143. The van der Waals surface area contributed by atoms with Crippen molar-refractivity contribution >= 4 is 29.5 Å². The maximum atomic E-state index is 13.5. The number of amides is 1. The third-order valence-electron chi connectivity index (χ3n) is 7.74. The Balaban J connectivity index is 1.51. The van der Waals surface area contributed by atoms with Crippen LogP contribution in [0.1, 0.15) is 53.8 Å². The Morgan fingerprint density at radius 2 is 1.66 bits per heavy atom. The standard InChI is InChI=1S/C30H26ClF6N3O4/c1-16-27(18-12-19(29(32,33)34)14-20(13-18)30(35,36)37)44-28(43)40(16)15-24-21(5-7-25(38-24)39-9-2-10-39)22-11-17(3-6-23(22)31)4-8-26(41)42/h3,5-7,11-14,16,27H,2,4,8-10,15H2,1H3,(H,41,42)/t16-,27-/m0/s1. The Morgan fingerprint density at radius 3 is 2.23 bits per heavy atom. The molecule has 1 amide bonds. The molecule has 44 heavy (non-hydrogen) atoms. The molecule has 7 nitrogen and oxygen atoms in total. The fourth-order valence-electron chi connectivity index (χ4n) is 5.23. The minimum absolute atomic E-state index is 0.0223. The van der Waals surface area contributed by atoms with Gasteiger partial charge in [-0.2, -0.15) is 26.3 Å². The number of carboxylic acid groups (broad SMARTS) is 1. The summed E-state index contributed by atoms with van der Waals surface area (Å²) in [6.45, 7) is 2.81. The summed E-state index contributed by atoms with van der Waals surface area (Å²) in [5.74, 6) is -0.348. The van der Waals surface area contributed by atoms with Crippen molar-refractivity contribution in [3.63, 3.8) is 0 Å². The molecule has 234 valence electrons. The molecule has 3 heterocycles. The van der Waals surface area contributed by atoms with Crippen LogP contribution >= 0.6 is 11.6 Å². The van der Waals surface area contributed by atoms with Gasteiger partial charge in [-0.3, -0.25) is 9.69 Å². The lowest BCUT2D eigenvalue weighted by Crippen LogP contribution is -2.38. The van der Waals surface area contributed by atoms with E-state index in [0.29, 0.717) is 45.4 Å². The van der Waals surface area contributed by atoms with Crippen molar-refractivity contribution in [3.8, 4) is 11.1 Å². The number of carbonyl (C=O) groups excluding carboxylic acids is 1. The van der Waals surface area contributed by atoms with E-state index in [1.54, 1.807) is 30.3 Å². The van der Waals surface area contributed by atoms with Crippen molar-refractivity contribution in [1.82, 2.24) is 9.88 Å². The Kier molecular flexibility index (Phi) is 8.45. The number of aryl methyl sites for hydroxylation is 1. The largest absolute Gasteiger partial charge is 0.481 e. The molecule has 3 aromatic rings. The summed E-state index contributed by atoms with van der Waals surface area (Å²) in [7, 11) is 0. The second-order valence-corrected chi connectivity index (χ2v) is 11.1.